The molecule has 1 aliphatic heterocycles. The van der Waals surface area contributed by atoms with E-state index in [4.69, 9.17) is 5.73 Å². The Balaban J connectivity index is 0.00000162. The van der Waals surface area contributed by atoms with Gasteiger partial charge in [-0.2, -0.15) is 0 Å². The molecule has 0 aromatic heterocycles. The molecule has 1 heterocycles. The highest BCUT2D eigenvalue weighted by molar-refractivity contribution is 5.91. The maximum atomic E-state index is 11.9. The van der Waals surface area contributed by atoms with Gasteiger partial charge in [0.05, 0.1) is 0 Å². The quantitative estimate of drug-likeness (QED) is 0.833. The molecule has 1 aromatic rings. The van der Waals surface area contributed by atoms with Crippen molar-refractivity contribution >= 4 is 24.4 Å². The van der Waals surface area contributed by atoms with Crippen LogP contribution in [0.2, 0.25) is 0 Å². The fraction of sp³-hybridized carbons (Fsp3) is 0.357. The molecule has 98 valence electrons. The van der Waals surface area contributed by atoms with Crippen LogP contribution in [0, 0.1) is 0 Å². The van der Waals surface area contributed by atoms with Crippen LogP contribution in [0.4, 0.5) is 0 Å². The monoisotopic (exact) mass is 266 g/mol. The molecule has 0 aliphatic carbocycles. The molecular weight excluding hydrogens is 248 g/mol. The van der Waals surface area contributed by atoms with Gasteiger partial charge in [-0.15, -0.1) is 12.4 Å². The maximum Gasteiger partial charge on any atom is 0.246 e. The predicted octanol–water partition coefficient (Wildman–Crippen LogP) is 2.07. The number of carbonyl (C=O) groups excluding carboxylic acids is 1. The van der Waals surface area contributed by atoms with E-state index in [0.29, 0.717) is 0 Å². The lowest BCUT2D eigenvalue weighted by Gasteiger charge is -2.29. The van der Waals surface area contributed by atoms with Crippen LogP contribution in [-0.4, -0.2) is 29.9 Å². The summed E-state index contributed by atoms with van der Waals surface area (Å²) in [7, 11) is 0. The van der Waals surface area contributed by atoms with Gasteiger partial charge in [-0.1, -0.05) is 30.3 Å². The van der Waals surface area contributed by atoms with E-state index < -0.39 is 0 Å². The number of benzene rings is 1. The number of nitrogens with zero attached hydrogens (tertiary/aromatic N) is 1. The van der Waals surface area contributed by atoms with Gasteiger partial charge in [0.15, 0.2) is 0 Å². The first-order valence-corrected chi connectivity index (χ1v) is 6.03. The Bertz CT molecular complexity index is 398. The van der Waals surface area contributed by atoms with Crippen LogP contribution in [0.3, 0.4) is 0 Å². The fourth-order valence-electron chi connectivity index (χ4n) is 1.96. The number of halogens is 1. The standard InChI is InChI=1S/C14H18N2O.ClH/c15-13-8-10-16(11-9-13)14(17)7-6-12-4-2-1-3-5-12;/h1-7,13H,8-11,15H2;1H. The van der Waals surface area contributed by atoms with Crippen molar-refractivity contribution in [3.8, 4) is 0 Å². The number of likely N-dealkylation sites (tertiary alicyclic amines) is 1. The van der Waals surface area contributed by atoms with Crippen molar-refractivity contribution < 1.29 is 4.79 Å². The molecule has 2 N–H and O–H groups in total. The van der Waals surface area contributed by atoms with E-state index >= 15 is 0 Å². The van der Waals surface area contributed by atoms with Crippen LogP contribution < -0.4 is 5.73 Å². The first-order valence-electron chi connectivity index (χ1n) is 6.03. The van der Waals surface area contributed by atoms with Gasteiger partial charge in [0, 0.05) is 25.2 Å². The Labute approximate surface area is 114 Å². The van der Waals surface area contributed by atoms with E-state index in [1.54, 1.807) is 6.08 Å². The largest absolute Gasteiger partial charge is 0.339 e. The number of carbonyl (C=O) groups is 1. The van der Waals surface area contributed by atoms with Gasteiger partial charge >= 0.3 is 0 Å². The number of rotatable bonds is 2. The van der Waals surface area contributed by atoms with Crippen LogP contribution >= 0.6 is 12.4 Å². The topological polar surface area (TPSA) is 46.3 Å². The smallest absolute Gasteiger partial charge is 0.246 e. The van der Waals surface area contributed by atoms with Crippen LogP contribution in [0.15, 0.2) is 36.4 Å². The zero-order valence-corrected chi connectivity index (χ0v) is 11.1. The summed E-state index contributed by atoms with van der Waals surface area (Å²) in [5.41, 5.74) is 6.86. The van der Waals surface area contributed by atoms with Crippen LogP contribution in [0.1, 0.15) is 18.4 Å². The third-order valence-electron chi connectivity index (χ3n) is 3.07. The SMILES string of the molecule is Cl.NC1CCN(C(=O)C=Cc2ccccc2)CC1. The first-order chi connectivity index (χ1) is 8.25. The highest BCUT2D eigenvalue weighted by atomic mass is 35.5. The normalized spacial score (nSPS) is 16.6. The minimum Gasteiger partial charge on any atom is -0.339 e. The second-order valence-corrected chi connectivity index (χ2v) is 4.41. The summed E-state index contributed by atoms with van der Waals surface area (Å²) in [5.74, 6) is 0.0840. The molecule has 0 saturated carbocycles. The van der Waals surface area contributed by atoms with Crippen molar-refractivity contribution in [1.82, 2.24) is 4.90 Å². The van der Waals surface area contributed by atoms with Crippen LogP contribution in [-0.2, 0) is 4.79 Å². The summed E-state index contributed by atoms with van der Waals surface area (Å²) in [6.45, 7) is 1.55. The van der Waals surface area contributed by atoms with Crippen molar-refractivity contribution in [1.29, 1.82) is 0 Å². The van der Waals surface area contributed by atoms with Crippen molar-refractivity contribution in [3.05, 3.63) is 42.0 Å². The van der Waals surface area contributed by atoms with Crippen LogP contribution in [0.5, 0.6) is 0 Å². The molecule has 1 fully saturated rings. The number of nitrogens with two attached hydrogens (primary N) is 1. The Morgan fingerprint density at radius 1 is 1.22 bits per heavy atom. The lowest BCUT2D eigenvalue weighted by molar-refractivity contribution is -0.126. The lowest BCUT2D eigenvalue weighted by Crippen LogP contribution is -2.42. The van der Waals surface area contributed by atoms with E-state index in [2.05, 4.69) is 0 Å². The average Bonchev–Trinajstić information content (AvgIpc) is 2.38. The van der Waals surface area contributed by atoms with Crippen molar-refractivity contribution in [2.24, 2.45) is 5.73 Å². The Kier molecular flexibility index (Phi) is 5.89. The van der Waals surface area contributed by atoms with E-state index in [1.165, 1.54) is 0 Å². The number of amides is 1. The third-order valence-corrected chi connectivity index (χ3v) is 3.07. The van der Waals surface area contributed by atoms with Crippen molar-refractivity contribution in [2.45, 2.75) is 18.9 Å². The highest BCUT2D eigenvalue weighted by Crippen LogP contribution is 2.09. The Hall–Kier alpha value is -1.32. The molecule has 4 heteroatoms. The average molecular weight is 267 g/mol. The van der Waals surface area contributed by atoms with E-state index in [0.717, 1.165) is 31.5 Å². The molecule has 0 radical (unpaired) electrons. The van der Waals surface area contributed by atoms with Gasteiger partial charge < -0.3 is 10.6 Å². The van der Waals surface area contributed by atoms with Gasteiger partial charge in [-0.3, -0.25) is 4.79 Å². The molecule has 0 atom stereocenters. The predicted molar refractivity (Wildman–Crippen MR) is 76.5 cm³/mol. The molecule has 3 nitrogen and oxygen atoms in total. The third kappa shape index (κ3) is 4.17. The van der Waals surface area contributed by atoms with Gasteiger partial charge in [-0.25, -0.2) is 0 Å². The minimum absolute atomic E-state index is 0. The van der Waals surface area contributed by atoms with E-state index in [9.17, 15) is 4.79 Å². The van der Waals surface area contributed by atoms with Gasteiger partial charge in [0.25, 0.3) is 0 Å². The molecular formula is C14H19ClN2O. The summed E-state index contributed by atoms with van der Waals surface area (Å²) in [4.78, 5) is 13.7. The summed E-state index contributed by atoms with van der Waals surface area (Å²) in [6, 6.07) is 10.1. The molecule has 0 spiro atoms. The summed E-state index contributed by atoms with van der Waals surface area (Å²) in [6.07, 6.45) is 5.32. The molecule has 1 saturated heterocycles. The van der Waals surface area contributed by atoms with Gasteiger partial charge in [-0.05, 0) is 24.5 Å². The summed E-state index contributed by atoms with van der Waals surface area (Å²) in [5, 5.41) is 0. The highest BCUT2D eigenvalue weighted by Gasteiger charge is 2.18. The zero-order chi connectivity index (χ0) is 12.1. The second-order valence-electron chi connectivity index (χ2n) is 4.41. The molecule has 18 heavy (non-hydrogen) atoms. The zero-order valence-electron chi connectivity index (χ0n) is 10.3. The summed E-state index contributed by atoms with van der Waals surface area (Å²) < 4.78 is 0. The Morgan fingerprint density at radius 2 is 1.83 bits per heavy atom. The molecule has 1 aromatic carbocycles. The molecule has 1 amide bonds. The van der Waals surface area contributed by atoms with Crippen LogP contribution in [0.25, 0.3) is 6.08 Å². The van der Waals surface area contributed by atoms with Gasteiger partial charge in [0.2, 0.25) is 5.91 Å². The number of hydrogen-bond donors (Lipinski definition) is 1. The van der Waals surface area contributed by atoms with E-state index in [-0.39, 0.29) is 24.4 Å². The number of hydrogen-bond acceptors (Lipinski definition) is 2. The lowest BCUT2D eigenvalue weighted by atomic mass is 10.1. The molecule has 1 aliphatic rings. The minimum atomic E-state index is 0. The first kappa shape index (κ1) is 14.7. The van der Waals surface area contributed by atoms with Crippen molar-refractivity contribution in [3.63, 3.8) is 0 Å². The number of piperidine rings is 1. The summed E-state index contributed by atoms with van der Waals surface area (Å²) >= 11 is 0. The second kappa shape index (κ2) is 7.19. The maximum absolute atomic E-state index is 11.9. The van der Waals surface area contributed by atoms with Crippen molar-refractivity contribution in [2.75, 3.05) is 13.1 Å². The fourth-order valence-corrected chi connectivity index (χ4v) is 1.96. The molecule has 0 bridgehead atoms. The Morgan fingerprint density at radius 3 is 2.44 bits per heavy atom. The molecule has 0 unspecified atom stereocenters. The molecule has 2 rings (SSSR count). The van der Waals surface area contributed by atoms with E-state index in [1.807, 2.05) is 41.3 Å². The van der Waals surface area contributed by atoms with Gasteiger partial charge in [0.1, 0.15) is 0 Å².